The number of aromatic nitrogens is 3. The number of aromatic hydroxyl groups is 1. The Bertz CT molecular complexity index is 1220. The summed E-state index contributed by atoms with van der Waals surface area (Å²) in [5.41, 5.74) is 2.29. The zero-order valence-electron chi connectivity index (χ0n) is 15.6. The van der Waals surface area contributed by atoms with Crippen molar-refractivity contribution in [3.8, 4) is 16.9 Å². The van der Waals surface area contributed by atoms with Crippen molar-refractivity contribution < 1.29 is 19.4 Å². The van der Waals surface area contributed by atoms with Crippen LogP contribution in [0.2, 0.25) is 0 Å². The van der Waals surface area contributed by atoms with Gasteiger partial charge < -0.3 is 15.2 Å². The molecule has 0 spiro atoms. The molecule has 0 aliphatic heterocycles. The Hall–Kier alpha value is -3.94. The van der Waals surface area contributed by atoms with Crippen molar-refractivity contribution in [2.75, 3.05) is 13.2 Å². The minimum absolute atomic E-state index is 0.0956. The minimum Gasteiger partial charge on any atom is -0.505 e. The van der Waals surface area contributed by atoms with Crippen LogP contribution in [0.15, 0.2) is 54.9 Å². The number of esters is 1. The molecule has 29 heavy (non-hydrogen) atoms. The van der Waals surface area contributed by atoms with Gasteiger partial charge in [-0.1, -0.05) is 36.4 Å². The lowest BCUT2D eigenvalue weighted by Crippen LogP contribution is -2.32. The molecule has 146 valence electrons. The van der Waals surface area contributed by atoms with Crippen molar-refractivity contribution in [2.24, 2.45) is 0 Å². The second-order valence-corrected chi connectivity index (χ2v) is 6.31. The van der Waals surface area contributed by atoms with Gasteiger partial charge in [0.05, 0.1) is 6.61 Å². The summed E-state index contributed by atoms with van der Waals surface area (Å²) < 4.78 is 6.08. The maximum absolute atomic E-state index is 12.7. The lowest BCUT2D eigenvalue weighted by molar-refractivity contribution is -0.141. The van der Waals surface area contributed by atoms with E-state index in [0.29, 0.717) is 16.4 Å². The standard InChI is InChI=1S/C21H18N4O4/c1-2-29-17(26)11-22-21(28)18-19(27)15-9-8-14(13-6-4-3-5-7-13)10-16(15)20-23-12-24-25(18)20/h3-10,12,27H,2,11H2,1H3,(H,22,28). The van der Waals surface area contributed by atoms with E-state index < -0.39 is 11.9 Å². The third-order valence-electron chi connectivity index (χ3n) is 4.52. The number of nitrogens with zero attached hydrogens (tertiary/aromatic N) is 3. The fraction of sp³-hybridized carbons (Fsp3) is 0.143. The lowest BCUT2D eigenvalue weighted by atomic mass is 10.0. The monoisotopic (exact) mass is 390 g/mol. The Labute approximate surface area is 165 Å². The molecule has 2 aromatic carbocycles. The second kappa shape index (κ2) is 7.59. The first-order chi connectivity index (χ1) is 14.1. The Morgan fingerprint density at radius 1 is 1.10 bits per heavy atom. The number of fused-ring (bicyclic) bond motifs is 3. The van der Waals surface area contributed by atoms with Gasteiger partial charge in [-0.05, 0) is 30.2 Å². The Morgan fingerprint density at radius 2 is 1.90 bits per heavy atom. The number of hydrogen-bond donors (Lipinski definition) is 2. The van der Waals surface area contributed by atoms with E-state index in [1.807, 2.05) is 42.5 Å². The third-order valence-corrected chi connectivity index (χ3v) is 4.52. The highest BCUT2D eigenvalue weighted by Gasteiger charge is 2.22. The van der Waals surface area contributed by atoms with Gasteiger partial charge in [-0.15, -0.1) is 0 Å². The van der Waals surface area contributed by atoms with Crippen molar-refractivity contribution >= 4 is 28.3 Å². The summed E-state index contributed by atoms with van der Waals surface area (Å²) in [5.74, 6) is -1.46. The number of ether oxygens (including phenoxy) is 1. The molecule has 0 bridgehead atoms. The van der Waals surface area contributed by atoms with Crippen molar-refractivity contribution in [3.05, 3.63) is 60.6 Å². The topological polar surface area (TPSA) is 106 Å². The van der Waals surface area contributed by atoms with Crippen LogP contribution in [0.1, 0.15) is 17.4 Å². The number of benzene rings is 2. The lowest BCUT2D eigenvalue weighted by Gasteiger charge is -2.12. The molecule has 0 radical (unpaired) electrons. The maximum atomic E-state index is 12.7. The van der Waals surface area contributed by atoms with Crippen LogP contribution >= 0.6 is 0 Å². The zero-order valence-corrected chi connectivity index (χ0v) is 15.6. The molecular formula is C21H18N4O4. The highest BCUT2D eigenvalue weighted by molar-refractivity contribution is 6.07. The molecule has 2 N–H and O–H groups in total. The van der Waals surface area contributed by atoms with E-state index in [4.69, 9.17) is 4.74 Å². The van der Waals surface area contributed by atoms with Gasteiger partial charge >= 0.3 is 5.97 Å². The molecular weight excluding hydrogens is 372 g/mol. The summed E-state index contributed by atoms with van der Waals surface area (Å²) in [6.45, 7) is 1.58. The normalized spacial score (nSPS) is 10.9. The predicted molar refractivity (Wildman–Crippen MR) is 107 cm³/mol. The van der Waals surface area contributed by atoms with Crippen LogP contribution in [0, 0.1) is 0 Å². The van der Waals surface area contributed by atoms with Gasteiger partial charge in [-0.25, -0.2) is 9.50 Å². The van der Waals surface area contributed by atoms with Gasteiger partial charge in [0.1, 0.15) is 12.9 Å². The number of carbonyl (C=O) groups is 2. The van der Waals surface area contributed by atoms with Crippen LogP contribution in [-0.2, 0) is 9.53 Å². The number of amides is 1. The Morgan fingerprint density at radius 3 is 2.66 bits per heavy atom. The van der Waals surface area contributed by atoms with Gasteiger partial charge in [0.15, 0.2) is 17.1 Å². The molecule has 0 fully saturated rings. The van der Waals surface area contributed by atoms with Crippen LogP contribution in [-0.4, -0.2) is 44.7 Å². The number of rotatable bonds is 5. The zero-order chi connectivity index (χ0) is 20.4. The molecule has 4 rings (SSSR count). The number of nitrogens with one attached hydrogen (secondary N) is 1. The molecule has 2 aromatic heterocycles. The summed E-state index contributed by atoms with van der Waals surface area (Å²) in [4.78, 5) is 28.4. The average molecular weight is 390 g/mol. The first-order valence-electron chi connectivity index (χ1n) is 9.07. The molecule has 0 saturated heterocycles. The van der Waals surface area contributed by atoms with E-state index in [1.54, 1.807) is 13.0 Å². The SMILES string of the molecule is CCOC(=O)CNC(=O)c1c(O)c2ccc(-c3ccccc3)cc2c2ncnn12. The molecule has 0 aliphatic rings. The Kier molecular flexibility index (Phi) is 4.82. The van der Waals surface area contributed by atoms with Gasteiger partial charge in [0, 0.05) is 10.8 Å². The highest BCUT2D eigenvalue weighted by Crippen LogP contribution is 2.34. The van der Waals surface area contributed by atoms with E-state index in [1.165, 1.54) is 10.8 Å². The number of carbonyl (C=O) groups excluding carboxylic acids is 2. The predicted octanol–water partition coefficient (Wildman–Crippen LogP) is 2.55. The molecule has 0 aliphatic carbocycles. The van der Waals surface area contributed by atoms with E-state index in [2.05, 4.69) is 15.4 Å². The molecule has 2 heterocycles. The average Bonchev–Trinajstić information content (AvgIpc) is 3.22. The van der Waals surface area contributed by atoms with Crippen molar-refractivity contribution in [3.63, 3.8) is 0 Å². The van der Waals surface area contributed by atoms with Crippen LogP contribution in [0.25, 0.3) is 27.5 Å². The summed E-state index contributed by atoms with van der Waals surface area (Å²) in [6, 6.07) is 15.3. The van der Waals surface area contributed by atoms with Gasteiger partial charge in [0.2, 0.25) is 0 Å². The van der Waals surface area contributed by atoms with Crippen LogP contribution < -0.4 is 5.32 Å². The summed E-state index contributed by atoms with van der Waals surface area (Å²) in [7, 11) is 0. The highest BCUT2D eigenvalue weighted by atomic mass is 16.5. The van der Waals surface area contributed by atoms with Gasteiger partial charge in [-0.2, -0.15) is 5.10 Å². The first kappa shape index (κ1) is 18.4. The van der Waals surface area contributed by atoms with E-state index in [9.17, 15) is 14.7 Å². The fourth-order valence-corrected chi connectivity index (χ4v) is 3.21. The van der Waals surface area contributed by atoms with Crippen molar-refractivity contribution in [1.82, 2.24) is 19.9 Å². The molecule has 8 nitrogen and oxygen atoms in total. The summed E-state index contributed by atoms with van der Waals surface area (Å²) in [5, 5.41) is 18.5. The molecule has 4 aromatic rings. The molecule has 0 atom stereocenters. The summed E-state index contributed by atoms with van der Waals surface area (Å²) in [6.07, 6.45) is 1.31. The van der Waals surface area contributed by atoms with Crippen LogP contribution in [0.3, 0.4) is 0 Å². The van der Waals surface area contributed by atoms with E-state index in [-0.39, 0.29) is 24.6 Å². The maximum Gasteiger partial charge on any atom is 0.325 e. The number of pyridine rings is 1. The molecule has 1 amide bonds. The van der Waals surface area contributed by atoms with Crippen LogP contribution in [0.5, 0.6) is 5.75 Å². The van der Waals surface area contributed by atoms with E-state index >= 15 is 0 Å². The molecule has 0 saturated carbocycles. The fourth-order valence-electron chi connectivity index (χ4n) is 3.21. The molecule has 0 unspecified atom stereocenters. The van der Waals surface area contributed by atoms with Crippen molar-refractivity contribution in [1.29, 1.82) is 0 Å². The summed E-state index contributed by atoms with van der Waals surface area (Å²) >= 11 is 0. The third kappa shape index (κ3) is 3.36. The number of hydrogen-bond acceptors (Lipinski definition) is 6. The largest absolute Gasteiger partial charge is 0.505 e. The smallest absolute Gasteiger partial charge is 0.325 e. The first-order valence-corrected chi connectivity index (χ1v) is 9.07. The van der Waals surface area contributed by atoms with Crippen LogP contribution in [0.4, 0.5) is 0 Å². The second-order valence-electron chi connectivity index (χ2n) is 6.31. The quantitative estimate of drug-likeness (QED) is 0.507. The molecule has 8 heteroatoms. The van der Waals surface area contributed by atoms with Gasteiger partial charge in [-0.3, -0.25) is 9.59 Å². The Balaban J connectivity index is 1.81. The minimum atomic E-state index is -0.653. The van der Waals surface area contributed by atoms with E-state index in [0.717, 1.165) is 11.1 Å². The van der Waals surface area contributed by atoms with Gasteiger partial charge in [0.25, 0.3) is 5.91 Å². The van der Waals surface area contributed by atoms with Crippen molar-refractivity contribution in [2.45, 2.75) is 6.92 Å².